The van der Waals surface area contributed by atoms with E-state index in [1.165, 1.54) is 12.1 Å². The lowest BCUT2D eigenvalue weighted by atomic mass is 9.77. The number of hydrogen-bond donors (Lipinski definition) is 0. The fourth-order valence-corrected chi connectivity index (χ4v) is 6.03. The van der Waals surface area contributed by atoms with Gasteiger partial charge in [0.05, 0.1) is 5.41 Å². The van der Waals surface area contributed by atoms with Crippen LogP contribution < -0.4 is 0 Å². The maximum Gasteiger partial charge on any atom is 0.233 e. The number of benzene rings is 2. The maximum atomic E-state index is 14.2. The fourth-order valence-electron chi connectivity index (χ4n) is 6.03. The van der Waals surface area contributed by atoms with Crippen molar-refractivity contribution in [2.24, 2.45) is 5.92 Å². The third kappa shape index (κ3) is 4.66. The molecular weight excluding hydrogens is 441 g/mol. The molecule has 2 fully saturated rings. The molecule has 1 atom stereocenters. The zero-order valence-electron chi connectivity index (χ0n) is 20.3. The molecule has 0 spiro atoms. The molecule has 1 aromatic heterocycles. The van der Waals surface area contributed by atoms with Gasteiger partial charge in [-0.25, -0.2) is 4.39 Å². The Morgan fingerprint density at radius 2 is 1.66 bits per heavy atom. The molecule has 0 bridgehead atoms. The predicted molar refractivity (Wildman–Crippen MR) is 134 cm³/mol. The van der Waals surface area contributed by atoms with Gasteiger partial charge < -0.3 is 9.80 Å². The summed E-state index contributed by atoms with van der Waals surface area (Å²) < 4.78 is 13.7. The predicted octanol–water partition coefficient (Wildman–Crippen LogP) is 4.74. The van der Waals surface area contributed by atoms with Crippen molar-refractivity contribution < 1.29 is 14.0 Å². The first-order chi connectivity index (χ1) is 17.0. The van der Waals surface area contributed by atoms with Gasteiger partial charge in [-0.3, -0.25) is 14.6 Å². The molecule has 3 aromatic rings. The highest BCUT2D eigenvalue weighted by molar-refractivity contribution is 5.89. The Morgan fingerprint density at radius 1 is 0.971 bits per heavy atom. The van der Waals surface area contributed by atoms with E-state index in [0.29, 0.717) is 26.2 Å². The Labute approximate surface area is 205 Å². The zero-order valence-corrected chi connectivity index (χ0v) is 20.3. The summed E-state index contributed by atoms with van der Waals surface area (Å²) >= 11 is 0. The summed E-state index contributed by atoms with van der Waals surface area (Å²) in [7, 11) is 0. The van der Waals surface area contributed by atoms with Crippen LogP contribution in [0.5, 0.6) is 0 Å². The van der Waals surface area contributed by atoms with Gasteiger partial charge in [-0.1, -0.05) is 49.2 Å². The van der Waals surface area contributed by atoms with Gasteiger partial charge in [0, 0.05) is 50.9 Å². The number of fused-ring (bicyclic) bond motifs is 1. The highest BCUT2D eigenvalue weighted by Crippen LogP contribution is 2.43. The maximum absolute atomic E-state index is 14.2. The molecule has 0 N–H and O–H groups in total. The van der Waals surface area contributed by atoms with Gasteiger partial charge in [-0.2, -0.15) is 0 Å². The van der Waals surface area contributed by atoms with E-state index in [0.717, 1.165) is 54.0 Å². The Kier molecular flexibility index (Phi) is 6.54. The summed E-state index contributed by atoms with van der Waals surface area (Å²) in [6, 6.07) is 14.7. The van der Waals surface area contributed by atoms with E-state index in [4.69, 9.17) is 0 Å². The molecule has 6 heteroatoms. The van der Waals surface area contributed by atoms with Crippen molar-refractivity contribution in [3.63, 3.8) is 0 Å². The van der Waals surface area contributed by atoms with E-state index in [2.05, 4.69) is 17.1 Å². The standard InChI is InChI=1S/C29H32FN3O2/c1-21(34)32-14-15-33(28(35)29(12-4-5-13-29)25-8-10-26(30)11-9-25)20-22(19-32)16-24-18-31-17-23-6-2-3-7-27(23)24/h2-3,6-11,17-18,22H,4-5,12-16,19-20H2,1H3/t22-/m0/s1. The van der Waals surface area contributed by atoms with Crippen LogP contribution in [0, 0.1) is 11.7 Å². The third-order valence-corrected chi connectivity index (χ3v) is 7.85. The van der Waals surface area contributed by atoms with Crippen LogP contribution >= 0.6 is 0 Å². The van der Waals surface area contributed by atoms with Gasteiger partial charge in [-0.15, -0.1) is 0 Å². The Balaban J connectivity index is 1.45. The van der Waals surface area contributed by atoms with E-state index in [1.807, 2.05) is 34.3 Å². The van der Waals surface area contributed by atoms with Crippen LogP contribution in [-0.2, 0) is 21.4 Å². The van der Waals surface area contributed by atoms with Gasteiger partial charge in [0.2, 0.25) is 11.8 Å². The van der Waals surface area contributed by atoms with E-state index < -0.39 is 5.41 Å². The number of rotatable bonds is 4. The minimum absolute atomic E-state index is 0.0365. The fraction of sp³-hybridized carbons (Fsp3) is 0.414. The molecule has 182 valence electrons. The molecular formula is C29H32FN3O2. The summed E-state index contributed by atoms with van der Waals surface area (Å²) in [6.07, 6.45) is 8.06. The molecule has 2 aromatic carbocycles. The Morgan fingerprint density at radius 3 is 2.40 bits per heavy atom. The topological polar surface area (TPSA) is 53.5 Å². The molecule has 2 heterocycles. The van der Waals surface area contributed by atoms with Gasteiger partial charge >= 0.3 is 0 Å². The van der Waals surface area contributed by atoms with Crippen LogP contribution in [-0.4, -0.2) is 52.8 Å². The molecule has 0 radical (unpaired) electrons. The molecule has 1 saturated carbocycles. The SMILES string of the molecule is CC(=O)N1CCN(C(=O)C2(c3ccc(F)cc3)CCCC2)C[C@@H](Cc2cncc3ccccc23)C1. The molecule has 1 aliphatic carbocycles. The lowest BCUT2D eigenvalue weighted by Crippen LogP contribution is -2.48. The van der Waals surface area contributed by atoms with Crippen molar-refractivity contribution in [2.45, 2.75) is 44.4 Å². The van der Waals surface area contributed by atoms with Crippen molar-refractivity contribution >= 4 is 22.6 Å². The van der Waals surface area contributed by atoms with Crippen molar-refractivity contribution in [3.8, 4) is 0 Å². The molecule has 1 saturated heterocycles. The first-order valence-electron chi connectivity index (χ1n) is 12.6. The molecule has 1 aliphatic heterocycles. The van der Waals surface area contributed by atoms with Crippen LogP contribution in [0.25, 0.3) is 10.8 Å². The first-order valence-corrected chi connectivity index (χ1v) is 12.6. The molecule has 35 heavy (non-hydrogen) atoms. The highest BCUT2D eigenvalue weighted by Gasteiger charge is 2.45. The molecule has 5 rings (SSSR count). The number of carbonyl (C=O) groups is 2. The third-order valence-electron chi connectivity index (χ3n) is 7.85. The van der Waals surface area contributed by atoms with Crippen LogP contribution in [0.3, 0.4) is 0 Å². The van der Waals surface area contributed by atoms with Gasteiger partial charge in [0.1, 0.15) is 5.82 Å². The lowest BCUT2D eigenvalue weighted by Gasteiger charge is -2.35. The largest absolute Gasteiger partial charge is 0.341 e. The smallest absolute Gasteiger partial charge is 0.233 e. The van der Waals surface area contributed by atoms with E-state index in [1.54, 1.807) is 19.1 Å². The monoisotopic (exact) mass is 473 g/mol. The van der Waals surface area contributed by atoms with Gasteiger partial charge in [0.15, 0.2) is 0 Å². The summed E-state index contributed by atoms with van der Waals surface area (Å²) in [5.41, 5.74) is 1.44. The minimum Gasteiger partial charge on any atom is -0.341 e. The normalized spacial score (nSPS) is 20.1. The van der Waals surface area contributed by atoms with Crippen LogP contribution in [0.2, 0.25) is 0 Å². The van der Waals surface area contributed by atoms with Crippen LogP contribution in [0.15, 0.2) is 60.9 Å². The zero-order chi connectivity index (χ0) is 24.4. The number of amides is 2. The minimum atomic E-state index is -0.607. The quantitative estimate of drug-likeness (QED) is 0.550. The number of hydrogen-bond acceptors (Lipinski definition) is 3. The van der Waals surface area contributed by atoms with E-state index in [9.17, 15) is 14.0 Å². The lowest BCUT2D eigenvalue weighted by molar-refractivity contribution is -0.138. The van der Waals surface area contributed by atoms with Crippen LogP contribution in [0.4, 0.5) is 4.39 Å². The number of pyridine rings is 1. The van der Waals surface area contributed by atoms with Crippen molar-refractivity contribution in [1.82, 2.24) is 14.8 Å². The second-order valence-corrected chi connectivity index (χ2v) is 10.1. The summed E-state index contributed by atoms with van der Waals surface area (Å²) in [4.78, 5) is 34.8. The summed E-state index contributed by atoms with van der Waals surface area (Å²) in [6.45, 7) is 3.86. The Hall–Kier alpha value is -3.28. The average Bonchev–Trinajstić information content (AvgIpc) is 3.27. The van der Waals surface area contributed by atoms with Gasteiger partial charge in [0.25, 0.3) is 0 Å². The number of carbonyl (C=O) groups excluding carboxylic acids is 2. The Bertz CT molecular complexity index is 1210. The second kappa shape index (κ2) is 9.76. The number of halogens is 1. The molecule has 5 nitrogen and oxygen atoms in total. The molecule has 2 amide bonds. The van der Waals surface area contributed by atoms with Crippen molar-refractivity contribution in [2.75, 3.05) is 26.2 Å². The van der Waals surface area contributed by atoms with Crippen molar-refractivity contribution in [3.05, 3.63) is 77.9 Å². The van der Waals surface area contributed by atoms with E-state index >= 15 is 0 Å². The first kappa shape index (κ1) is 23.5. The molecule has 2 aliphatic rings. The highest BCUT2D eigenvalue weighted by atomic mass is 19.1. The van der Waals surface area contributed by atoms with Crippen molar-refractivity contribution in [1.29, 1.82) is 0 Å². The number of nitrogens with zero attached hydrogens (tertiary/aromatic N) is 3. The van der Waals surface area contributed by atoms with Crippen LogP contribution in [0.1, 0.15) is 43.7 Å². The summed E-state index contributed by atoms with van der Waals surface area (Å²) in [5, 5.41) is 2.26. The van der Waals surface area contributed by atoms with Gasteiger partial charge in [-0.05, 0) is 53.8 Å². The second-order valence-electron chi connectivity index (χ2n) is 10.1. The summed E-state index contributed by atoms with van der Waals surface area (Å²) in [5.74, 6) is -0.0304. The number of aromatic nitrogens is 1. The average molecular weight is 474 g/mol. The molecule has 0 unspecified atom stereocenters. The van der Waals surface area contributed by atoms with E-state index in [-0.39, 0.29) is 23.5 Å².